The Morgan fingerprint density at radius 3 is 2.32 bits per heavy atom. The summed E-state index contributed by atoms with van der Waals surface area (Å²) in [6, 6.07) is 3.32. The van der Waals surface area contributed by atoms with Crippen LogP contribution in [0.25, 0.3) is 0 Å². The molecule has 0 saturated heterocycles. The number of carbonyl (C=O) groups excluding carboxylic acids is 1. The molecule has 0 aliphatic heterocycles. The second-order valence-corrected chi connectivity index (χ2v) is 7.41. The monoisotopic (exact) mass is 334 g/mol. The molecule has 0 radical (unpaired) electrons. The first-order chi connectivity index (χ1) is 10.2. The van der Waals surface area contributed by atoms with E-state index in [1.165, 1.54) is 6.07 Å². The van der Waals surface area contributed by atoms with Crippen LogP contribution in [0.5, 0.6) is 0 Å². The number of anilines is 1. The third-order valence-electron chi connectivity index (χ3n) is 2.98. The minimum Gasteiger partial charge on any atom is -0.321 e. The number of unbranched alkanes of at least 4 members (excludes halogenated alkanes) is 1. The van der Waals surface area contributed by atoms with Crippen molar-refractivity contribution in [3.05, 3.63) is 29.8 Å². The van der Waals surface area contributed by atoms with Crippen molar-refractivity contribution in [2.45, 2.75) is 38.4 Å². The largest absolute Gasteiger partial charge is 0.321 e. The lowest BCUT2D eigenvalue weighted by Crippen LogP contribution is -2.31. The molecule has 2 N–H and O–H groups in total. The zero-order chi connectivity index (χ0) is 16.8. The Balaban J connectivity index is 2.33. The Morgan fingerprint density at radius 2 is 1.77 bits per heavy atom. The quantitative estimate of drug-likeness (QED) is 0.717. The minimum absolute atomic E-state index is 0.0528. The van der Waals surface area contributed by atoms with Crippen molar-refractivity contribution in [1.29, 1.82) is 0 Å². The highest BCUT2D eigenvalue weighted by Gasteiger charge is 2.14. The molecule has 1 rings (SSSR count). The number of halogens is 2. The minimum atomic E-state index is -3.31. The van der Waals surface area contributed by atoms with Gasteiger partial charge in [0.05, 0.1) is 5.25 Å². The maximum atomic E-state index is 13.3. The summed E-state index contributed by atoms with van der Waals surface area (Å²) >= 11 is 0. The molecule has 1 aromatic carbocycles. The Morgan fingerprint density at radius 1 is 1.18 bits per heavy atom. The van der Waals surface area contributed by atoms with Gasteiger partial charge in [0.1, 0.15) is 17.3 Å². The van der Waals surface area contributed by atoms with Gasteiger partial charge in [-0.1, -0.05) is 6.07 Å². The van der Waals surface area contributed by atoms with Gasteiger partial charge in [-0.15, -0.1) is 0 Å². The van der Waals surface area contributed by atoms with Crippen LogP contribution in [0.4, 0.5) is 14.5 Å². The van der Waals surface area contributed by atoms with Crippen LogP contribution in [0, 0.1) is 11.6 Å². The fraction of sp³-hybridized carbons (Fsp3) is 0.500. The first kappa shape index (κ1) is 18.5. The second-order valence-electron chi connectivity index (χ2n) is 5.09. The standard InChI is InChI=1S/C14H20F2N2O3S/c1-10(2)22(20,21)17-9-4-3-8-13(19)18-14-11(15)6-5-7-12(14)16/h5-7,10,17H,3-4,8-9H2,1-2H3,(H,18,19). The molecule has 1 aromatic rings. The van der Waals surface area contributed by atoms with Crippen molar-refractivity contribution in [3.8, 4) is 0 Å². The summed E-state index contributed by atoms with van der Waals surface area (Å²) in [5.41, 5.74) is -0.465. The molecule has 0 fully saturated rings. The fourth-order valence-corrected chi connectivity index (χ4v) is 2.37. The number of benzene rings is 1. The smallest absolute Gasteiger partial charge is 0.224 e. The summed E-state index contributed by atoms with van der Waals surface area (Å²) in [5, 5.41) is 1.66. The topological polar surface area (TPSA) is 75.3 Å². The van der Waals surface area contributed by atoms with Gasteiger partial charge in [-0.25, -0.2) is 21.9 Å². The molecule has 5 nitrogen and oxygen atoms in total. The van der Waals surface area contributed by atoms with Gasteiger partial charge in [-0.3, -0.25) is 4.79 Å². The summed E-state index contributed by atoms with van der Waals surface area (Å²) in [6.07, 6.45) is 0.916. The first-order valence-electron chi connectivity index (χ1n) is 6.96. The summed E-state index contributed by atoms with van der Waals surface area (Å²) < 4.78 is 52.0. The number of para-hydroxylation sites is 1. The molecule has 0 aromatic heterocycles. The Bertz CT molecular complexity index is 598. The highest BCUT2D eigenvalue weighted by molar-refractivity contribution is 7.90. The van der Waals surface area contributed by atoms with Crippen LogP contribution in [0.15, 0.2) is 18.2 Å². The number of nitrogens with one attached hydrogen (secondary N) is 2. The van der Waals surface area contributed by atoms with E-state index in [0.29, 0.717) is 12.8 Å². The van der Waals surface area contributed by atoms with Crippen LogP contribution < -0.4 is 10.0 Å². The van der Waals surface area contributed by atoms with Crippen molar-refractivity contribution >= 4 is 21.6 Å². The van der Waals surface area contributed by atoms with Crippen LogP contribution >= 0.6 is 0 Å². The lowest BCUT2D eigenvalue weighted by molar-refractivity contribution is -0.116. The van der Waals surface area contributed by atoms with E-state index in [1.807, 2.05) is 0 Å². The Labute approximate surface area is 129 Å². The van der Waals surface area contributed by atoms with Crippen LogP contribution in [0.1, 0.15) is 33.1 Å². The van der Waals surface area contributed by atoms with Gasteiger partial charge in [0, 0.05) is 13.0 Å². The van der Waals surface area contributed by atoms with Crippen molar-refractivity contribution in [2.24, 2.45) is 0 Å². The van der Waals surface area contributed by atoms with Gasteiger partial charge in [0.15, 0.2) is 0 Å². The van der Waals surface area contributed by atoms with E-state index in [1.54, 1.807) is 13.8 Å². The van der Waals surface area contributed by atoms with Gasteiger partial charge in [-0.2, -0.15) is 0 Å². The molecule has 0 aliphatic carbocycles. The van der Waals surface area contributed by atoms with Gasteiger partial charge in [0.25, 0.3) is 0 Å². The van der Waals surface area contributed by atoms with Crippen LogP contribution in [-0.4, -0.2) is 26.1 Å². The molecule has 0 bridgehead atoms. The first-order valence-corrected chi connectivity index (χ1v) is 8.51. The molecular formula is C14H20F2N2O3S. The SMILES string of the molecule is CC(C)S(=O)(=O)NCCCCC(=O)Nc1c(F)cccc1F. The van der Waals surface area contributed by atoms with Gasteiger partial charge >= 0.3 is 0 Å². The molecule has 0 aliphatic rings. The number of carbonyl (C=O) groups is 1. The zero-order valence-electron chi connectivity index (χ0n) is 12.5. The zero-order valence-corrected chi connectivity index (χ0v) is 13.3. The molecule has 0 heterocycles. The predicted molar refractivity (Wildman–Crippen MR) is 80.9 cm³/mol. The molecule has 0 saturated carbocycles. The highest BCUT2D eigenvalue weighted by atomic mass is 32.2. The lowest BCUT2D eigenvalue weighted by Gasteiger charge is -2.09. The summed E-state index contributed by atoms with van der Waals surface area (Å²) in [4.78, 5) is 11.6. The molecule has 1 amide bonds. The van der Waals surface area contributed by atoms with Crippen LogP contribution in [0.2, 0.25) is 0 Å². The van der Waals surface area contributed by atoms with Gasteiger partial charge in [-0.05, 0) is 38.8 Å². The molecule has 22 heavy (non-hydrogen) atoms. The van der Waals surface area contributed by atoms with Gasteiger partial charge in [0.2, 0.25) is 15.9 Å². The van der Waals surface area contributed by atoms with Crippen molar-refractivity contribution < 1.29 is 22.0 Å². The third-order valence-corrected chi connectivity index (χ3v) is 4.83. The number of hydrogen-bond acceptors (Lipinski definition) is 3. The van der Waals surface area contributed by atoms with E-state index in [9.17, 15) is 22.0 Å². The van der Waals surface area contributed by atoms with Crippen molar-refractivity contribution in [3.63, 3.8) is 0 Å². The van der Waals surface area contributed by atoms with Crippen LogP contribution in [-0.2, 0) is 14.8 Å². The summed E-state index contributed by atoms with van der Waals surface area (Å²) in [5.74, 6) is -2.19. The Kier molecular flexibility index (Phi) is 6.89. The third kappa shape index (κ3) is 5.69. The van der Waals surface area contributed by atoms with Crippen LogP contribution in [0.3, 0.4) is 0 Å². The van der Waals surface area contributed by atoms with E-state index < -0.39 is 38.5 Å². The molecule has 0 unspecified atom stereocenters. The fourth-order valence-electron chi connectivity index (χ4n) is 1.61. The lowest BCUT2D eigenvalue weighted by atomic mass is 10.2. The molecular weight excluding hydrogens is 314 g/mol. The van der Waals surface area contributed by atoms with E-state index in [0.717, 1.165) is 12.1 Å². The molecule has 8 heteroatoms. The average Bonchev–Trinajstić information content (AvgIpc) is 2.42. The number of amides is 1. The number of hydrogen-bond donors (Lipinski definition) is 2. The van der Waals surface area contributed by atoms with E-state index in [2.05, 4.69) is 10.0 Å². The summed E-state index contributed by atoms with van der Waals surface area (Å²) in [7, 11) is -3.31. The maximum absolute atomic E-state index is 13.3. The Hall–Kier alpha value is -1.54. The molecule has 124 valence electrons. The molecule has 0 atom stereocenters. The number of rotatable bonds is 8. The normalized spacial score (nSPS) is 11.7. The van der Waals surface area contributed by atoms with Gasteiger partial charge < -0.3 is 5.32 Å². The van der Waals surface area contributed by atoms with E-state index in [4.69, 9.17) is 0 Å². The van der Waals surface area contributed by atoms with Crippen molar-refractivity contribution in [2.75, 3.05) is 11.9 Å². The average molecular weight is 334 g/mol. The van der Waals surface area contributed by atoms with Crippen molar-refractivity contribution in [1.82, 2.24) is 4.72 Å². The second kappa shape index (κ2) is 8.19. The molecule has 0 spiro atoms. The highest BCUT2D eigenvalue weighted by Crippen LogP contribution is 2.18. The van der Waals surface area contributed by atoms with E-state index >= 15 is 0 Å². The number of sulfonamides is 1. The maximum Gasteiger partial charge on any atom is 0.224 e. The predicted octanol–water partition coefficient (Wildman–Crippen LogP) is 2.40. The summed E-state index contributed by atoms with van der Waals surface area (Å²) in [6.45, 7) is 3.36. The van der Waals surface area contributed by atoms with E-state index in [-0.39, 0.29) is 13.0 Å².